The molecule has 0 aliphatic heterocycles. The van der Waals surface area contributed by atoms with Gasteiger partial charge >= 0.3 is 0 Å². The molecule has 0 radical (unpaired) electrons. The first-order chi connectivity index (χ1) is 12.6. The maximum Gasteiger partial charge on any atom is 0.242 e. The molecule has 134 valence electrons. The zero-order valence-electron chi connectivity index (χ0n) is 14.3. The van der Waals surface area contributed by atoms with Gasteiger partial charge in [0.05, 0.1) is 18.5 Å². The number of methoxy groups -OCH3 is 1. The largest absolute Gasteiger partial charge is 0.495 e. The molecule has 2 aromatic carbocycles. The van der Waals surface area contributed by atoms with Crippen LogP contribution in [0.15, 0.2) is 53.9 Å². The number of hydrogen-bond acceptors (Lipinski definition) is 5. The van der Waals surface area contributed by atoms with Crippen LogP contribution in [-0.4, -0.2) is 23.4 Å². The number of thiazole rings is 1. The fourth-order valence-corrected chi connectivity index (χ4v) is 3.08. The lowest BCUT2D eigenvalue weighted by Crippen LogP contribution is -2.20. The molecule has 2 N–H and O–H groups in total. The van der Waals surface area contributed by atoms with Crippen LogP contribution in [0.3, 0.4) is 0 Å². The van der Waals surface area contributed by atoms with Gasteiger partial charge in [0.1, 0.15) is 11.1 Å². The van der Waals surface area contributed by atoms with Crippen molar-refractivity contribution in [2.24, 2.45) is 0 Å². The van der Waals surface area contributed by atoms with Gasteiger partial charge in [-0.15, -0.1) is 22.9 Å². The predicted octanol–water partition coefficient (Wildman–Crippen LogP) is 5.13. The van der Waals surface area contributed by atoms with Crippen molar-refractivity contribution in [1.29, 1.82) is 0 Å². The molecule has 26 heavy (non-hydrogen) atoms. The molecule has 0 spiro atoms. The number of aromatic nitrogens is 1. The second-order valence-corrected chi connectivity index (χ2v) is 7.06. The summed E-state index contributed by atoms with van der Waals surface area (Å²) in [4.78, 5) is 16.2. The number of ether oxygens (including phenoxy) is 1. The normalized spacial score (nSPS) is 11.7. The van der Waals surface area contributed by atoms with Crippen molar-refractivity contribution >= 4 is 45.4 Å². The van der Waals surface area contributed by atoms with E-state index in [9.17, 15) is 4.79 Å². The van der Waals surface area contributed by atoms with Crippen molar-refractivity contribution in [3.63, 3.8) is 0 Å². The van der Waals surface area contributed by atoms with Crippen molar-refractivity contribution in [1.82, 2.24) is 4.98 Å². The first kappa shape index (κ1) is 18.2. The lowest BCUT2D eigenvalue weighted by atomic mass is 10.1. The number of nitrogens with one attached hydrogen (secondary N) is 2. The molecule has 1 unspecified atom stereocenters. The van der Waals surface area contributed by atoms with Crippen LogP contribution in [-0.2, 0) is 4.79 Å². The van der Waals surface area contributed by atoms with Crippen molar-refractivity contribution in [3.05, 3.63) is 53.9 Å². The topological polar surface area (TPSA) is 63.2 Å². The molecule has 0 aliphatic carbocycles. The summed E-state index contributed by atoms with van der Waals surface area (Å²) in [7, 11) is 1.64. The SMILES string of the molecule is COc1ccccc1Nc1nc(-c2ccc(NC(=O)C(C)Cl)cc2)cs1. The van der Waals surface area contributed by atoms with Gasteiger partial charge in [-0.2, -0.15) is 0 Å². The lowest BCUT2D eigenvalue weighted by Gasteiger charge is -2.08. The van der Waals surface area contributed by atoms with Crippen LogP contribution in [0.25, 0.3) is 11.3 Å². The highest BCUT2D eigenvalue weighted by molar-refractivity contribution is 7.14. The third kappa shape index (κ3) is 4.33. The van der Waals surface area contributed by atoms with E-state index >= 15 is 0 Å². The molecule has 0 bridgehead atoms. The summed E-state index contributed by atoms with van der Waals surface area (Å²) in [5, 5.41) is 8.21. The highest BCUT2D eigenvalue weighted by Gasteiger charge is 2.10. The summed E-state index contributed by atoms with van der Waals surface area (Å²) in [6.07, 6.45) is 0. The molecule has 1 heterocycles. The average Bonchev–Trinajstić information content (AvgIpc) is 3.11. The fraction of sp³-hybridized carbons (Fsp3) is 0.158. The second-order valence-electron chi connectivity index (χ2n) is 5.55. The number of para-hydroxylation sites is 2. The number of anilines is 3. The molecule has 1 atom stereocenters. The number of amides is 1. The fourth-order valence-electron chi connectivity index (χ4n) is 2.29. The molecule has 1 aromatic heterocycles. The van der Waals surface area contributed by atoms with E-state index in [4.69, 9.17) is 16.3 Å². The standard InChI is InChI=1S/C19H18ClN3O2S/c1-12(20)18(24)21-14-9-7-13(8-10-14)16-11-26-19(23-16)22-15-5-3-4-6-17(15)25-2/h3-12H,1-2H3,(H,21,24)(H,22,23). The van der Waals surface area contributed by atoms with Gasteiger partial charge in [0, 0.05) is 16.6 Å². The zero-order chi connectivity index (χ0) is 18.5. The van der Waals surface area contributed by atoms with Crippen LogP contribution in [0.5, 0.6) is 5.75 Å². The Morgan fingerprint density at radius 1 is 1.19 bits per heavy atom. The Morgan fingerprint density at radius 3 is 2.62 bits per heavy atom. The molecule has 7 heteroatoms. The number of alkyl halides is 1. The molecule has 5 nitrogen and oxygen atoms in total. The lowest BCUT2D eigenvalue weighted by molar-refractivity contribution is -0.115. The minimum Gasteiger partial charge on any atom is -0.495 e. The summed E-state index contributed by atoms with van der Waals surface area (Å²) in [5.41, 5.74) is 3.39. The van der Waals surface area contributed by atoms with Gasteiger partial charge in [-0.05, 0) is 31.2 Å². The molecule has 1 amide bonds. The van der Waals surface area contributed by atoms with E-state index in [0.717, 1.165) is 27.8 Å². The Kier molecular flexibility index (Phi) is 5.75. The first-order valence-corrected chi connectivity index (χ1v) is 9.29. The molecular weight excluding hydrogens is 370 g/mol. The number of benzene rings is 2. The van der Waals surface area contributed by atoms with Gasteiger partial charge in [0.2, 0.25) is 5.91 Å². The summed E-state index contributed by atoms with van der Waals surface area (Å²) >= 11 is 7.27. The van der Waals surface area contributed by atoms with E-state index in [1.165, 1.54) is 11.3 Å². The maximum absolute atomic E-state index is 11.6. The Bertz CT molecular complexity index is 894. The number of carbonyl (C=O) groups excluding carboxylic acids is 1. The molecule has 3 rings (SSSR count). The molecule has 0 saturated heterocycles. The summed E-state index contributed by atoms with van der Waals surface area (Å²) in [6.45, 7) is 1.64. The van der Waals surface area contributed by atoms with Crippen LogP contribution in [0, 0.1) is 0 Å². The van der Waals surface area contributed by atoms with Gasteiger partial charge in [-0.3, -0.25) is 4.79 Å². The second kappa shape index (κ2) is 8.21. The van der Waals surface area contributed by atoms with Crippen molar-refractivity contribution in [3.8, 4) is 17.0 Å². The number of hydrogen-bond donors (Lipinski definition) is 2. The third-order valence-corrected chi connectivity index (χ3v) is 4.62. The van der Waals surface area contributed by atoms with Gasteiger partial charge in [0.25, 0.3) is 0 Å². The molecule has 3 aromatic rings. The van der Waals surface area contributed by atoms with Crippen LogP contribution in [0.4, 0.5) is 16.5 Å². The Labute approximate surface area is 161 Å². The van der Waals surface area contributed by atoms with Crippen molar-refractivity contribution in [2.75, 3.05) is 17.7 Å². The number of nitrogens with zero attached hydrogens (tertiary/aromatic N) is 1. The minimum atomic E-state index is -0.572. The first-order valence-electron chi connectivity index (χ1n) is 7.98. The number of rotatable bonds is 6. The molecule has 0 aliphatic rings. The summed E-state index contributed by atoms with van der Waals surface area (Å²) in [6, 6.07) is 15.2. The van der Waals surface area contributed by atoms with Crippen LogP contribution in [0.2, 0.25) is 0 Å². The van der Waals surface area contributed by atoms with Crippen LogP contribution < -0.4 is 15.4 Å². The van der Waals surface area contributed by atoms with E-state index < -0.39 is 5.38 Å². The quantitative estimate of drug-likeness (QED) is 0.575. The smallest absolute Gasteiger partial charge is 0.242 e. The average molecular weight is 388 g/mol. The van der Waals surface area contributed by atoms with Crippen LogP contribution >= 0.6 is 22.9 Å². The Hall–Kier alpha value is -2.57. The minimum absolute atomic E-state index is 0.226. The van der Waals surface area contributed by atoms with E-state index in [1.807, 2.05) is 53.9 Å². The van der Waals surface area contributed by atoms with Crippen molar-refractivity contribution in [2.45, 2.75) is 12.3 Å². The Balaban J connectivity index is 1.72. The van der Waals surface area contributed by atoms with Gasteiger partial charge < -0.3 is 15.4 Å². The monoisotopic (exact) mass is 387 g/mol. The highest BCUT2D eigenvalue weighted by atomic mass is 35.5. The van der Waals surface area contributed by atoms with Crippen LogP contribution in [0.1, 0.15) is 6.92 Å². The van der Waals surface area contributed by atoms with E-state index in [2.05, 4.69) is 15.6 Å². The van der Waals surface area contributed by atoms with E-state index in [0.29, 0.717) is 5.69 Å². The highest BCUT2D eigenvalue weighted by Crippen LogP contribution is 2.31. The van der Waals surface area contributed by atoms with Crippen molar-refractivity contribution < 1.29 is 9.53 Å². The summed E-state index contributed by atoms with van der Waals surface area (Å²) < 4.78 is 5.34. The number of halogens is 1. The van der Waals surface area contributed by atoms with E-state index in [1.54, 1.807) is 14.0 Å². The predicted molar refractivity (Wildman–Crippen MR) is 108 cm³/mol. The van der Waals surface area contributed by atoms with Gasteiger partial charge in [-0.25, -0.2) is 4.98 Å². The zero-order valence-corrected chi connectivity index (χ0v) is 15.9. The number of carbonyl (C=O) groups is 1. The molecule has 0 fully saturated rings. The van der Waals surface area contributed by atoms with E-state index in [-0.39, 0.29) is 5.91 Å². The summed E-state index contributed by atoms with van der Waals surface area (Å²) in [5.74, 6) is 0.536. The molecule has 0 saturated carbocycles. The van der Waals surface area contributed by atoms with Gasteiger partial charge in [0.15, 0.2) is 5.13 Å². The maximum atomic E-state index is 11.6. The van der Waals surface area contributed by atoms with Gasteiger partial charge in [-0.1, -0.05) is 24.3 Å². The Morgan fingerprint density at radius 2 is 1.92 bits per heavy atom. The molecular formula is C19H18ClN3O2S. The third-order valence-electron chi connectivity index (χ3n) is 3.66.